The predicted molar refractivity (Wildman–Crippen MR) is 104 cm³/mol. The minimum atomic E-state index is -0.950. The number of rotatable bonds is 7. The summed E-state index contributed by atoms with van der Waals surface area (Å²) in [6.45, 7) is 3.48. The molecule has 0 radical (unpaired) electrons. The maximum Gasteiger partial charge on any atom is 0.334 e. The first kappa shape index (κ1) is 19.5. The SMILES string of the molecule is CCCCN1C(=O)C(=O)N(CC(=O)N[C@@H](C)c2cccc3ccccc23)C1=O. The van der Waals surface area contributed by atoms with Crippen molar-refractivity contribution in [1.29, 1.82) is 0 Å². The Hall–Kier alpha value is -3.22. The molecule has 28 heavy (non-hydrogen) atoms. The highest BCUT2D eigenvalue weighted by Gasteiger charge is 2.44. The number of unbranched alkanes of at least 4 members (excludes halogenated alkanes) is 1. The van der Waals surface area contributed by atoms with Gasteiger partial charge in [0.25, 0.3) is 0 Å². The zero-order valence-corrected chi connectivity index (χ0v) is 16.0. The Kier molecular flexibility index (Phi) is 5.73. The molecule has 1 atom stereocenters. The van der Waals surface area contributed by atoms with Crippen LogP contribution in [0.5, 0.6) is 0 Å². The second-order valence-electron chi connectivity index (χ2n) is 6.84. The summed E-state index contributed by atoms with van der Waals surface area (Å²) in [6.07, 6.45) is 1.40. The zero-order valence-electron chi connectivity index (χ0n) is 16.0. The summed E-state index contributed by atoms with van der Waals surface area (Å²) in [5.41, 5.74) is 0.936. The molecular weight excluding hydrogens is 358 g/mol. The van der Waals surface area contributed by atoms with Crippen molar-refractivity contribution < 1.29 is 19.2 Å². The van der Waals surface area contributed by atoms with Crippen molar-refractivity contribution in [3.8, 4) is 0 Å². The average molecular weight is 381 g/mol. The van der Waals surface area contributed by atoms with Crippen LogP contribution in [-0.4, -0.2) is 46.6 Å². The molecule has 146 valence electrons. The number of amides is 5. The van der Waals surface area contributed by atoms with E-state index in [9.17, 15) is 19.2 Å². The topological polar surface area (TPSA) is 86.8 Å². The van der Waals surface area contributed by atoms with Crippen LogP contribution in [0.25, 0.3) is 10.8 Å². The van der Waals surface area contributed by atoms with Crippen LogP contribution < -0.4 is 5.32 Å². The smallest absolute Gasteiger partial charge is 0.334 e. The highest BCUT2D eigenvalue weighted by Crippen LogP contribution is 2.24. The Bertz CT molecular complexity index is 935. The quantitative estimate of drug-likeness (QED) is 0.590. The van der Waals surface area contributed by atoms with Crippen molar-refractivity contribution in [2.24, 2.45) is 0 Å². The molecule has 0 saturated carbocycles. The van der Waals surface area contributed by atoms with E-state index in [1.165, 1.54) is 0 Å². The second kappa shape index (κ2) is 8.21. The summed E-state index contributed by atoms with van der Waals surface area (Å²) in [5.74, 6) is -2.31. The van der Waals surface area contributed by atoms with Crippen LogP contribution in [0.1, 0.15) is 38.3 Å². The summed E-state index contributed by atoms with van der Waals surface area (Å²) >= 11 is 0. The molecule has 7 heteroatoms. The molecule has 2 aromatic carbocycles. The summed E-state index contributed by atoms with van der Waals surface area (Å²) in [6, 6.07) is 12.6. The summed E-state index contributed by atoms with van der Waals surface area (Å²) in [4.78, 5) is 50.5. The van der Waals surface area contributed by atoms with Crippen molar-refractivity contribution >= 4 is 34.5 Å². The van der Waals surface area contributed by atoms with Crippen molar-refractivity contribution in [2.75, 3.05) is 13.1 Å². The van der Waals surface area contributed by atoms with Gasteiger partial charge in [-0.05, 0) is 29.7 Å². The molecule has 1 heterocycles. The van der Waals surface area contributed by atoms with Crippen LogP contribution in [0.2, 0.25) is 0 Å². The third-order valence-electron chi connectivity index (χ3n) is 4.84. The molecule has 1 aliphatic heterocycles. The van der Waals surface area contributed by atoms with E-state index in [2.05, 4.69) is 5.32 Å². The normalized spacial score (nSPS) is 15.4. The molecule has 5 amide bonds. The number of hydrogen-bond donors (Lipinski definition) is 1. The minimum absolute atomic E-state index is 0.185. The minimum Gasteiger partial charge on any atom is -0.348 e. The fourth-order valence-electron chi connectivity index (χ4n) is 3.34. The van der Waals surface area contributed by atoms with Gasteiger partial charge in [-0.1, -0.05) is 55.8 Å². The third-order valence-corrected chi connectivity index (χ3v) is 4.84. The maximum atomic E-state index is 12.5. The standard InChI is InChI=1S/C21H23N3O4/c1-3-4-12-23-19(26)20(27)24(21(23)28)13-18(25)22-14(2)16-11-7-9-15-8-5-6-10-17(15)16/h5-11,14H,3-4,12-13H2,1-2H3,(H,22,25)/t14-/m0/s1. The Morgan fingerprint density at radius 2 is 1.68 bits per heavy atom. The first-order valence-corrected chi connectivity index (χ1v) is 9.38. The van der Waals surface area contributed by atoms with E-state index in [1.54, 1.807) is 0 Å². The third kappa shape index (κ3) is 3.74. The van der Waals surface area contributed by atoms with Gasteiger partial charge in [0.1, 0.15) is 6.54 Å². The number of nitrogens with one attached hydrogen (secondary N) is 1. The van der Waals surface area contributed by atoms with E-state index in [4.69, 9.17) is 0 Å². The van der Waals surface area contributed by atoms with Crippen LogP contribution in [0.15, 0.2) is 42.5 Å². The first-order chi connectivity index (χ1) is 13.4. The van der Waals surface area contributed by atoms with Gasteiger partial charge in [-0.25, -0.2) is 9.69 Å². The average Bonchev–Trinajstić information content (AvgIpc) is 2.89. The molecular formula is C21H23N3O4. The molecule has 3 rings (SSSR count). The number of imide groups is 2. The lowest BCUT2D eigenvalue weighted by Gasteiger charge is -2.19. The number of carbonyl (C=O) groups is 4. The number of urea groups is 1. The van der Waals surface area contributed by atoms with Gasteiger partial charge in [0.15, 0.2) is 0 Å². The van der Waals surface area contributed by atoms with E-state index < -0.39 is 30.3 Å². The lowest BCUT2D eigenvalue weighted by molar-refractivity contribution is -0.144. The van der Waals surface area contributed by atoms with E-state index in [0.717, 1.165) is 27.7 Å². The van der Waals surface area contributed by atoms with E-state index >= 15 is 0 Å². The number of carbonyl (C=O) groups excluding carboxylic acids is 4. The molecule has 0 spiro atoms. The summed E-state index contributed by atoms with van der Waals surface area (Å²) in [5, 5.41) is 4.89. The zero-order chi connectivity index (χ0) is 20.3. The molecule has 1 fully saturated rings. The molecule has 2 aromatic rings. The van der Waals surface area contributed by atoms with Crippen LogP contribution in [0.3, 0.4) is 0 Å². The van der Waals surface area contributed by atoms with Crippen LogP contribution in [-0.2, 0) is 14.4 Å². The van der Waals surface area contributed by atoms with E-state index in [1.807, 2.05) is 56.3 Å². The molecule has 1 N–H and O–H groups in total. The molecule has 0 aliphatic carbocycles. The van der Waals surface area contributed by atoms with Gasteiger partial charge < -0.3 is 5.32 Å². The number of benzene rings is 2. The summed E-state index contributed by atoms with van der Waals surface area (Å²) < 4.78 is 0. The molecule has 7 nitrogen and oxygen atoms in total. The Balaban J connectivity index is 1.69. The van der Waals surface area contributed by atoms with Gasteiger partial charge in [-0.15, -0.1) is 0 Å². The fraction of sp³-hybridized carbons (Fsp3) is 0.333. The number of fused-ring (bicyclic) bond motifs is 1. The highest BCUT2D eigenvalue weighted by atomic mass is 16.2. The van der Waals surface area contributed by atoms with Crippen molar-refractivity contribution in [1.82, 2.24) is 15.1 Å². The van der Waals surface area contributed by atoms with E-state index in [0.29, 0.717) is 11.3 Å². The lowest BCUT2D eigenvalue weighted by atomic mass is 10.00. The van der Waals surface area contributed by atoms with Crippen LogP contribution in [0, 0.1) is 0 Å². The largest absolute Gasteiger partial charge is 0.348 e. The Labute approximate surface area is 163 Å². The molecule has 0 aromatic heterocycles. The van der Waals surface area contributed by atoms with Crippen LogP contribution in [0.4, 0.5) is 4.79 Å². The lowest BCUT2D eigenvalue weighted by Crippen LogP contribution is -2.42. The molecule has 0 unspecified atom stereocenters. The van der Waals surface area contributed by atoms with Gasteiger partial charge in [-0.2, -0.15) is 0 Å². The molecule has 1 aliphatic rings. The first-order valence-electron chi connectivity index (χ1n) is 9.38. The van der Waals surface area contributed by atoms with E-state index in [-0.39, 0.29) is 12.6 Å². The monoisotopic (exact) mass is 381 g/mol. The van der Waals surface area contributed by atoms with Gasteiger partial charge >= 0.3 is 17.8 Å². The fourth-order valence-corrected chi connectivity index (χ4v) is 3.34. The van der Waals surface area contributed by atoms with Crippen LogP contribution >= 0.6 is 0 Å². The summed E-state index contributed by atoms with van der Waals surface area (Å²) in [7, 11) is 0. The second-order valence-corrected chi connectivity index (χ2v) is 6.84. The Morgan fingerprint density at radius 3 is 2.43 bits per heavy atom. The van der Waals surface area contributed by atoms with Crippen molar-refractivity contribution in [2.45, 2.75) is 32.7 Å². The predicted octanol–water partition coefficient (Wildman–Crippen LogP) is 2.61. The van der Waals surface area contributed by atoms with Gasteiger partial charge in [0, 0.05) is 6.54 Å². The number of nitrogens with zero attached hydrogens (tertiary/aromatic N) is 2. The van der Waals surface area contributed by atoms with Gasteiger partial charge in [0.2, 0.25) is 5.91 Å². The van der Waals surface area contributed by atoms with Crippen molar-refractivity contribution in [3.63, 3.8) is 0 Å². The Morgan fingerprint density at radius 1 is 1.00 bits per heavy atom. The highest BCUT2D eigenvalue weighted by molar-refractivity contribution is 6.45. The van der Waals surface area contributed by atoms with Gasteiger partial charge in [0.05, 0.1) is 6.04 Å². The number of hydrogen-bond acceptors (Lipinski definition) is 4. The van der Waals surface area contributed by atoms with Crippen molar-refractivity contribution in [3.05, 3.63) is 48.0 Å². The maximum absolute atomic E-state index is 12.5. The molecule has 0 bridgehead atoms. The van der Waals surface area contributed by atoms with Gasteiger partial charge in [-0.3, -0.25) is 19.3 Å². The molecule has 1 saturated heterocycles.